The van der Waals surface area contributed by atoms with Gasteiger partial charge in [-0.05, 0) is 43.5 Å². The van der Waals surface area contributed by atoms with Gasteiger partial charge in [-0.15, -0.1) is 11.3 Å². The number of carbonyl (C=O) groups excluding carboxylic acids is 1. The first-order valence-corrected chi connectivity index (χ1v) is 10.1. The van der Waals surface area contributed by atoms with Crippen molar-refractivity contribution in [2.75, 3.05) is 18.4 Å². The van der Waals surface area contributed by atoms with E-state index in [1.807, 2.05) is 35.7 Å². The molecule has 1 aliphatic heterocycles. The van der Waals surface area contributed by atoms with Crippen LogP contribution in [0, 0.1) is 5.92 Å². The monoisotopic (exact) mass is 381 g/mol. The Bertz CT molecular complexity index is 904. The van der Waals surface area contributed by atoms with Crippen LogP contribution in [0.4, 0.5) is 5.13 Å². The molecule has 1 atom stereocenters. The average Bonchev–Trinajstić information content (AvgIpc) is 3.32. The zero-order valence-electron chi connectivity index (χ0n) is 15.3. The van der Waals surface area contributed by atoms with Gasteiger partial charge in [0.1, 0.15) is 0 Å². The molecule has 0 radical (unpaired) electrons. The van der Waals surface area contributed by atoms with Crippen LogP contribution >= 0.6 is 11.3 Å². The van der Waals surface area contributed by atoms with Crippen molar-refractivity contribution in [3.05, 3.63) is 59.4 Å². The predicted octanol–water partition coefficient (Wildman–Crippen LogP) is 3.81. The van der Waals surface area contributed by atoms with Crippen LogP contribution in [0.25, 0.3) is 5.69 Å². The standard InChI is InChI=1S/C20H23N5OS/c1-15-6-5-10-24(12-15)13-16-14-27-20(21-16)22-19(26)18-9-11-25(23-18)17-7-3-2-4-8-17/h2-4,7-9,11,14-15H,5-6,10,12-13H2,1H3,(H,21,22,26). The number of amides is 1. The summed E-state index contributed by atoms with van der Waals surface area (Å²) in [6.45, 7) is 5.39. The number of nitrogens with zero attached hydrogens (tertiary/aromatic N) is 4. The second-order valence-electron chi connectivity index (χ2n) is 7.06. The molecule has 1 saturated heterocycles. The molecule has 1 amide bonds. The van der Waals surface area contributed by atoms with Crippen LogP contribution in [0.5, 0.6) is 0 Å². The Kier molecular flexibility index (Phi) is 5.31. The number of hydrogen-bond acceptors (Lipinski definition) is 5. The van der Waals surface area contributed by atoms with E-state index < -0.39 is 0 Å². The van der Waals surface area contributed by atoms with Gasteiger partial charge in [-0.2, -0.15) is 5.10 Å². The van der Waals surface area contributed by atoms with E-state index >= 15 is 0 Å². The van der Waals surface area contributed by atoms with Crippen molar-refractivity contribution in [3.63, 3.8) is 0 Å². The summed E-state index contributed by atoms with van der Waals surface area (Å²) in [6.07, 6.45) is 4.35. The fraction of sp³-hybridized carbons (Fsp3) is 0.350. The fourth-order valence-corrected chi connectivity index (χ4v) is 4.12. The first-order chi connectivity index (χ1) is 13.2. The summed E-state index contributed by atoms with van der Waals surface area (Å²) in [5, 5.41) is 9.87. The number of likely N-dealkylation sites (tertiary alicyclic amines) is 1. The third kappa shape index (κ3) is 4.43. The van der Waals surface area contributed by atoms with E-state index in [2.05, 4.69) is 27.2 Å². The Morgan fingerprint density at radius 3 is 2.96 bits per heavy atom. The molecular weight excluding hydrogens is 358 g/mol. The van der Waals surface area contributed by atoms with E-state index in [0.717, 1.165) is 36.9 Å². The number of piperidine rings is 1. The molecule has 4 rings (SSSR count). The summed E-state index contributed by atoms with van der Waals surface area (Å²) in [4.78, 5) is 19.5. The summed E-state index contributed by atoms with van der Waals surface area (Å²) in [5.74, 6) is 0.508. The van der Waals surface area contributed by atoms with E-state index in [1.165, 1.54) is 24.2 Å². The molecule has 1 N–H and O–H groups in total. The molecule has 0 bridgehead atoms. The third-order valence-corrected chi connectivity index (χ3v) is 5.55. The Balaban J connectivity index is 1.37. The molecule has 1 fully saturated rings. The molecule has 0 saturated carbocycles. The lowest BCUT2D eigenvalue weighted by atomic mass is 10.0. The lowest BCUT2D eigenvalue weighted by Gasteiger charge is -2.30. The number of benzene rings is 1. The van der Waals surface area contributed by atoms with Gasteiger partial charge in [-0.3, -0.25) is 15.0 Å². The normalized spacial score (nSPS) is 17.7. The highest BCUT2D eigenvalue weighted by Crippen LogP contribution is 2.21. The van der Waals surface area contributed by atoms with Gasteiger partial charge in [0.05, 0.1) is 11.4 Å². The summed E-state index contributed by atoms with van der Waals surface area (Å²) >= 11 is 1.46. The second kappa shape index (κ2) is 8.02. The number of thiazole rings is 1. The zero-order valence-corrected chi connectivity index (χ0v) is 16.2. The van der Waals surface area contributed by atoms with Crippen LogP contribution in [0.15, 0.2) is 48.0 Å². The number of anilines is 1. The minimum atomic E-state index is -0.239. The quantitative estimate of drug-likeness (QED) is 0.730. The molecule has 140 valence electrons. The lowest BCUT2D eigenvalue weighted by Crippen LogP contribution is -2.33. The van der Waals surface area contributed by atoms with Gasteiger partial charge < -0.3 is 0 Å². The summed E-state index contributed by atoms with van der Waals surface area (Å²) < 4.78 is 1.69. The van der Waals surface area contributed by atoms with E-state index in [-0.39, 0.29) is 5.91 Å². The van der Waals surface area contributed by atoms with Crippen LogP contribution in [0.1, 0.15) is 35.9 Å². The van der Waals surface area contributed by atoms with Crippen molar-refractivity contribution in [1.82, 2.24) is 19.7 Å². The molecule has 1 aromatic carbocycles. The summed E-state index contributed by atoms with van der Waals surface area (Å²) in [7, 11) is 0. The highest BCUT2D eigenvalue weighted by Gasteiger charge is 2.18. The summed E-state index contributed by atoms with van der Waals surface area (Å²) in [6, 6.07) is 11.4. The topological polar surface area (TPSA) is 63.1 Å². The first-order valence-electron chi connectivity index (χ1n) is 9.26. The van der Waals surface area contributed by atoms with Gasteiger partial charge in [-0.25, -0.2) is 9.67 Å². The zero-order chi connectivity index (χ0) is 18.6. The maximum Gasteiger partial charge on any atom is 0.277 e. The Morgan fingerprint density at radius 2 is 2.15 bits per heavy atom. The van der Waals surface area contributed by atoms with Crippen molar-refractivity contribution >= 4 is 22.4 Å². The minimum Gasteiger partial charge on any atom is -0.297 e. The highest BCUT2D eigenvalue weighted by molar-refractivity contribution is 7.13. The van der Waals surface area contributed by atoms with Crippen LogP contribution in [0.3, 0.4) is 0 Å². The van der Waals surface area contributed by atoms with Crippen molar-refractivity contribution in [2.45, 2.75) is 26.3 Å². The van der Waals surface area contributed by atoms with Crippen molar-refractivity contribution in [3.8, 4) is 5.69 Å². The third-order valence-electron chi connectivity index (χ3n) is 4.74. The smallest absolute Gasteiger partial charge is 0.277 e. The van der Waals surface area contributed by atoms with Gasteiger partial charge in [0.2, 0.25) is 0 Å². The van der Waals surface area contributed by atoms with Gasteiger partial charge >= 0.3 is 0 Å². The maximum atomic E-state index is 12.5. The van der Waals surface area contributed by atoms with Crippen molar-refractivity contribution in [1.29, 1.82) is 0 Å². The van der Waals surface area contributed by atoms with Crippen LogP contribution in [0.2, 0.25) is 0 Å². The molecular formula is C20H23N5OS. The summed E-state index contributed by atoms with van der Waals surface area (Å²) in [5.41, 5.74) is 2.31. The van der Waals surface area contributed by atoms with E-state index in [4.69, 9.17) is 0 Å². The molecule has 0 aliphatic carbocycles. The lowest BCUT2D eigenvalue weighted by molar-refractivity contribution is 0.102. The molecule has 3 aromatic rings. The van der Waals surface area contributed by atoms with E-state index in [1.54, 1.807) is 16.9 Å². The molecule has 7 heteroatoms. The fourth-order valence-electron chi connectivity index (χ4n) is 3.43. The Hall–Kier alpha value is -2.51. The number of para-hydroxylation sites is 1. The predicted molar refractivity (Wildman–Crippen MR) is 107 cm³/mol. The molecule has 1 aliphatic rings. The maximum absolute atomic E-state index is 12.5. The van der Waals surface area contributed by atoms with Crippen LogP contribution in [-0.2, 0) is 6.54 Å². The molecule has 27 heavy (non-hydrogen) atoms. The number of rotatable bonds is 5. The molecule has 6 nitrogen and oxygen atoms in total. The number of hydrogen-bond donors (Lipinski definition) is 1. The van der Waals surface area contributed by atoms with Crippen molar-refractivity contribution < 1.29 is 4.79 Å². The van der Waals surface area contributed by atoms with Crippen molar-refractivity contribution in [2.24, 2.45) is 5.92 Å². The molecule has 1 unspecified atom stereocenters. The largest absolute Gasteiger partial charge is 0.297 e. The minimum absolute atomic E-state index is 0.239. The van der Waals surface area contributed by atoms with Gasteiger partial charge in [0.25, 0.3) is 5.91 Å². The molecule has 2 aromatic heterocycles. The number of carbonyl (C=O) groups is 1. The van der Waals surface area contributed by atoms with Gasteiger partial charge in [0.15, 0.2) is 10.8 Å². The van der Waals surface area contributed by atoms with Crippen LogP contribution in [-0.4, -0.2) is 38.7 Å². The molecule has 3 heterocycles. The highest BCUT2D eigenvalue weighted by atomic mass is 32.1. The second-order valence-corrected chi connectivity index (χ2v) is 7.92. The Morgan fingerprint density at radius 1 is 1.30 bits per heavy atom. The van der Waals surface area contributed by atoms with Gasteiger partial charge in [0, 0.05) is 24.7 Å². The van der Waals surface area contributed by atoms with Gasteiger partial charge in [-0.1, -0.05) is 25.1 Å². The number of nitrogens with one attached hydrogen (secondary N) is 1. The van der Waals surface area contributed by atoms with Crippen LogP contribution < -0.4 is 5.32 Å². The SMILES string of the molecule is CC1CCCN(Cc2csc(NC(=O)c3ccn(-c4ccccc4)n3)n2)C1. The van der Waals surface area contributed by atoms with E-state index in [0.29, 0.717) is 10.8 Å². The number of aromatic nitrogens is 3. The average molecular weight is 382 g/mol. The Labute approximate surface area is 162 Å². The van der Waals surface area contributed by atoms with E-state index in [9.17, 15) is 4.79 Å². The molecule has 0 spiro atoms. The first kappa shape index (κ1) is 17.9.